The molecule has 5 nitrogen and oxygen atoms in total. The predicted octanol–water partition coefficient (Wildman–Crippen LogP) is 1.20. The molecule has 0 fully saturated rings. The van der Waals surface area contributed by atoms with Crippen molar-refractivity contribution in [2.24, 2.45) is 5.14 Å². The monoisotopic (exact) mass is 285 g/mol. The number of sulfonamides is 1. The summed E-state index contributed by atoms with van der Waals surface area (Å²) in [6.45, 7) is 6.21. The van der Waals surface area contributed by atoms with Gasteiger partial charge in [-0.25, -0.2) is 13.6 Å². The Kier molecular flexibility index (Phi) is 4.83. The topological polar surface area (TPSA) is 84.2 Å². The number of rotatable bonds is 4. The quantitative estimate of drug-likeness (QED) is 0.572. The van der Waals surface area contributed by atoms with Gasteiger partial charge in [-0.15, -0.1) is 0 Å². The van der Waals surface area contributed by atoms with Crippen LogP contribution in [0, 0.1) is 0 Å². The van der Waals surface area contributed by atoms with Gasteiger partial charge in [0.2, 0.25) is 10.0 Å². The van der Waals surface area contributed by atoms with E-state index in [4.69, 9.17) is 17.4 Å². The highest BCUT2D eigenvalue weighted by molar-refractivity contribution is 7.89. The first-order chi connectivity index (χ1) is 8.29. The van der Waals surface area contributed by atoms with Crippen molar-refractivity contribution in [3.8, 4) is 0 Å². The van der Waals surface area contributed by atoms with E-state index >= 15 is 0 Å². The largest absolute Gasteiger partial charge is 0.359 e. The molecule has 4 N–H and O–H groups in total. The van der Waals surface area contributed by atoms with Crippen LogP contribution in [-0.2, 0) is 10.0 Å². The van der Waals surface area contributed by atoms with Crippen molar-refractivity contribution in [3.05, 3.63) is 36.4 Å². The Hall–Kier alpha value is -1.44. The van der Waals surface area contributed by atoms with Gasteiger partial charge in [0, 0.05) is 12.2 Å². The highest BCUT2D eigenvalue weighted by Gasteiger charge is 2.06. The highest BCUT2D eigenvalue weighted by atomic mass is 32.2. The van der Waals surface area contributed by atoms with E-state index in [1.54, 1.807) is 12.1 Å². The third-order valence-electron chi connectivity index (χ3n) is 1.99. The molecule has 1 aromatic rings. The molecule has 0 heterocycles. The lowest BCUT2D eigenvalue weighted by Gasteiger charge is -2.10. The number of nitrogens with two attached hydrogens (primary N) is 1. The number of nitrogens with one attached hydrogen (secondary N) is 2. The number of primary sulfonamides is 1. The Balaban J connectivity index is 2.64. The smallest absolute Gasteiger partial charge is 0.238 e. The molecule has 0 bridgehead atoms. The summed E-state index contributed by atoms with van der Waals surface area (Å²) < 4.78 is 22.1. The minimum atomic E-state index is -3.66. The summed E-state index contributed by atoms with van der Waals surface area (Å²) in [5, 5.41) is 11.3. The van der Waals surface area contributed by atoms with Crippen molar-refractivity contribution in [1.82, 2.24) is 5.32 Å². The number of hydrogen-bond donors (Lipinski definition) is 3. The van der Waals surface area contributed by atoms with Gasteiger partial charge in [-0.2, -0.15) is 0 Å². The molecule has 0 atom stereocenters. The second-order valence-corrected chi connectivity index (χ2v) is 5.80. The summed E-state index contributed by atoms with van der Waals surface area (Å²) in [6, 6.07) is 6.01. The molecule has 0 spiro atoms. The first-order valence-electron chi connectivity index (χ1n) is 5.11. The SMILES string of the molecule is C=C(C)CNC(=S)Nc1ccc(S(N)(=O)=O)cc1. The third-order valence-corrected chi connectivity index (χ3v) is 3.17. The first-order valence-corrected chi connectivity index (χ1v) is 7.06. The normalized spacial score (nSPS) is 10.8. The van der Waals surface area contributed by atoms with Crippen molar-refractivity contribution in [1.29, 1.82) is 0 Å². The maximum absolute atomic E-state index is 11.1. The molecule has 0 amide bonds. The molecule has 1 aromatic carbocycles. The van der Waals surface area contributed by atoms with E-state index in [1.165, 1.54) is 12.1 Å². The van der Waals surface area contributed by atoms with Crippen LogP contribution in [0.5, 0.6) is 0 Å². The summed E-state index contributed by atoms with van der Waals surface area (Å²) in [5.74, 6) is 0. The molecule has 0 aliphatic heterocycles. The third kappa shape index (κ3) is 4.82. The maximum Gasteiger partial charge on any atom is 0.238 e. The van der Waals surface area contributed by atoms with Crippen LogP contribution in [0.1, 0.15) is 6.92 Å². The van der Waals surface area contributed by atoms with Crippen molar-refractivity contribution in [2.75, 3.05) is 11.9 Å². The molecule has 18 heavy (non-hydrogen) atoms. The van der Waals surface area contributed by atoms with Gasteiger partial charge in [0.15, 0.2) is 5.11 Å². The molecule has 1 rings (SSSR count). The number of benzene rings is 1. The Morgan fingerprint density at radius 3 is 2.39 bits per heavy atom. The van der Waals surface area contributed by atoms with Gasteiger partial charge in [-0.1, -0.05) is 12.2 Å². The van der Waals surface area contributed by atoms with Crippen molar-refractivity contribution >= 4 is 33.0 Å². The van der Waals surface area contributed by atoms with E-state index in [1.807, 2.05) is 6.92 Å². The Bertz CT molecular complexity index is 550. The Morgan fingerprint density at radius 2 is 1.94 bits per heavy atom. The fourth-order valence-electron chi connectivity index (χ4n) is 1.13. The van der Waals surface area contributed by atoms with Crippen LogP contribution >= 0.6 is 12.2 Å². The second kappa shape index (κ2) is 5.94. The molecular formula is C11H15N3O2S2. The first kappa shape index (κ1) is 14.6. The number of anilines is 1. The van der Waals surface area contributed by atoms with E-state index in [-0.39, 0.29) is 4.90 Å². The molecular weight excluding hydrogens is 270 g/mol. The van der Waals surface area contributed by atoms with Crippen LogP contribution in [0.4, 0.5) is 5.69 Å². The highest BCUT2D eigenvalue weighted by Crippen LogP contribution is 2.12. The zero-order valence-electron chi connectivity index (χ0n) is 9.93. The van der Waals surface area contributed by atoms with Crippen molar-refractivity contribution < 1.29 is 8.42 Å². The summed E-state index contributed by atoms with van der Waals surface area (Å²) >= 11 is 5.05. The van der Waals surface area contributed by atoms with Crippen molar-refractivity contribution in [3.63, 3.8) is 0 Å². The van der Waals surface area contributed by atoms with Crippen LogP contribution in [0.25, 0.3) is 0 Å². The van der Waals surface area contributed by atoms with Gasteiger partial charge in [-0.05, 0) is 43.4 Å². The lowest BCUT2D eigenvalue weighted by molar-refractivity contribution is 0.598. The molecule has 0 aliphatic rings. The van der Waals surface area contributed by atoms with E-state index in [9.17, 15) is 8.42 Å². The van der Waals surface area contributed by atoms with Gasteiger partial charge in [-0.3, -0.25) is 0 Å². The fraction of sp³-hybridized carbons (Fsp3) is 0.182. The van der Waals surface area contributed by atoms with E-state index in [2.05, 4.69) is 17.2 Å². The molecule has 0 radical (unpaired) electrons. The minimum Gasteiger partial charge on any atom is -0.359 e. The maximum atomic E-state index is 11.1. The Morgan fingerprint density at radius 1 is 1.39 bits per heavy atom. The second-order valence-electron chi connectivity index (χ2n) is 3.83. The lowest BCUT2D eigenvalue weighted by Crippen LogP contribution is -2.29. The average Bonchev–Trinajstić information content (AvgIpc) is 2.26. The summed E-state index contributed by atoms with van der Waals surface area (Å²) in [4.78, 5) is 0.0638. The van der Waals surface area contributed by atoms with Crippen LogP contribution < -0.4 is 15.8 Å². The Labute approximate surface area is 112 Å². The average molecular weight is 285 g/mol. The van der Waals surface area contributed by atoms with Crippen LogP contribution in [-0.4, -0.2) is 20.1 Å². The van der Waals surface area contributed by atoms with Gasteiger partial charge in [0.05, 0.1) is 4.90 Å². The van der Waals surface area contributed by atoms with Crippen LogP contribution in [0.3, 0.4) is 0 Å². The number of thiocarbonyl (C=S) groups is 1. The standard InChI is InChI=1S/C11H15N3O2S2/c1-8(2)7-13-11(17)14-9-3-5-10(6-4-9)18(12,15)16/h3-6H,1,7H2,2H3,(H2,12,15,16)(H2,13,14,17). The van der Waals surface area contributed by atoms with E-state index < -0.39 is 10.0 Å². The lowest BCUT2D eigenvalue weighted by atomic mass is 10.3. The molecule has 7 heteroatoms. The summed E-state index contributed by atoms with van der Waals surface area (Å²) in [5.41, 5.74) is 1.64. The minimum absolute atomic E-state index is 0.0638. The fourth-order valence-corrected chi connectivity index (χ4v) is 1.84. The molecule has 0 saturated heterocycles. The van der Waals surface area contributed by atoms with Gasteiger partial charge in [0.1, 0.15) is 0 Å². The summed E-state index contributed by atoms with van der Waals surface area (Å²) in [7, 11) is -3.66. The van der Waals surface area contributed by atoms with Crippen LogP contribution in [0.2, 0.25) is 0 Å². The zero-order chi connectivity index (χ0) is 13.8. The van der Waals surface area contributed by atoms with Crippen LogP contribution in [0.15, 0.2) is 41.3 Å². The molecule has 0 aromatic heterocycles. The van der Waals surface area contributed by atoms with Gasteiger partial charge >= 0.3 is 0 Å². The molecule has 0 unspecified atom stereocenters. The molecule has 0 aliphatic carbocycles. The van der Waals surface area contributed by atoms with E-state index in [0.717, 1.165) is 5.57 Å². The number of hydrogen-bond acceptors (Lipinski definition) is 3. The molecule has 98 valence electrons. The summed E-state index contributed by atoms with van der Waals surface area (Å²) in [6.07, 6.45) is 0. The van der Waals surface area contributed by atoms with Gasteiger partial charge < -0.3 is 10.6 Å². The van der Waals surface area contributed by atoms with Crippen molar-refractivity contribution in [2.45, 2.75) is 11.8 Å². The zero-order valence-corrected chi connectivity index (χ0v) is 11.6. The van der Waals surface area contributed by atoms with Gasteiger partial charge in [0.25, 0.3) is 0 Å². The van der Waals surface area contributed by atoms with E-state index in [0.29, 0.717) is 17.3 Å². The molecule has 0 saturated carbocycles. The predicted molar refractivity (Wildman–Crippen MR) is 76.9 cm³/mol.